The van der Waals surface area contributed by atoms with Crippen LogP contribution in [0.15, 0.2) is 28.7 Å². The Morgan fingerprint density at radius 3 is 2.89 bits per heavy atom. The first-order valence-corrected chi connectivity index (χ1v) is 6.45. The van der Waals surface area contributed by atoms with Gasteiger partial charge in [0.05, 0.1) is 0 Å². The average Bonchev–Trinajstić information content (AvgIpc) is 2.93. The molecule has 0 saturated heterocycles. The molecule has 2 atom stereocenters. The number of hydrogen-bond acceptors (Lipinski definition) is 3. The number of aryl methyl sites for hydroxylation is 1. The van der Waals surface area contributed by atoms with Crippen molar-refractivity contribution in [1.29, 1.82) is 0 Å². The number of Topliss-reactive ketones (excluding diaryl/α,β-unsaturated/α-hetero) is 1. The minimum atomic E-state index is -0.0633. The highest BCUT2D eigenvalue weighted by atomic mass is 16.3. The lowest BCUT2D eigenvalue weighted by molar-refractivity contribution is 0.0887. The molecule has 2 unspecified atom stereocenters. The molecule has 1 fully saturated rings. The van der Waals surface area contributed by atoms with E-state index in [1.54, 1.807) is 0 Å². The summed E-state index contributed by atoms with van der Waals surface area (Å²) in [5.74, 6) is 0.457. The molecule has 2 aromatic rings. The number of fused-ring (bicyclic) bond motifs is 1. The van der Waals surface area contributed by atoms with Crippen LogP contribution in [0.3, 0.4) is 0 Å². The number of benzene rings is 1. The molecule has 0 bridgehead atoms. The summed E-state index contributed by atoms with van der Waals surface area (Å²) in [6.07, 6.45) is 2.86. The highest BCUT2D eigenvalue weighted by Crippen LogP contribution is 2.29. The van der Waals surface area contributed by atoms with E-state index in [2.05, 4.69) is 0 Å². The van der Waals surface area contributed by atoms with E-state index in [0.717, 1.165) is 30.2 Å². The van der Waals surface area contributed by atoms with Crippen LogP contribution in [0.25, 0.3) is 11.0 Å². The lowest BCUT2D eigenvalue weighted by Gasteiger charge is -2.11. The highest BCUT2D eigenvalue weighted by Gasteiger charge is 2.32. The summed E-state index contributed by atoms with van der Waals surface area (Å²) in [4.78, 5) is 12.3. The van der Waals surface area contributed by atoms with E-state index in [0.29, 0.717) is 5.76 Å². The lowest BCUT2D eigenvalue weighted by Crippen LogP contribution is -2.30. The largest absolute Gasteiger partial charge is 0.453 e. The standard InChI is InChI=1S/C15H17NO2/c1-9-5-6-13-10(7-9)8-14(18-13)15(17)11-3-2-4-12(11)16/h5-8,11-12H,2-4,16H2,1H3. The molecule has 1 aliphatic carbocycles. The van der Waals surface area contributed by atoms with E-state index in [1.807, 2.05) is 31.2 Å². The molecule has 3 heteroatoms. The Morgan fingerprint density at radius 1 is 1.33 bits per heavy atom. The summed E-state index contributed by atoms with van der Waals surface area (Å²) in [5.41, 5.74) is 7.91. The van der Waals surface area contributed by atoms with E-state index >= 15 is 0 Å². The minimum Gasteiger partial charge on any atom is -0.453 e. The fourth-order valence-electron chi connectivity index (χ4n) is 2.78. The van der Waals surface area contributed by atoms with Crippen molar-refractivity contribution in [3.63, 3.8) is 0 Å². The summed E-state index contributed by atoms with van der Waals surface area (Å²) in [6, 6.07) is 7.77. The third kappa shape index (κ3) is 1.85. The van der Waals surface area contributed by atoms with Gasteiger partial charge in [-0.25, -0.2) is 0 Å². The van der Waals surface area contributed by atoms with Gasteiger partial charge in [-0.15, -0.1) is 0 Å². The third-order valence-corrected chi connectivity index (χ3v) is 3.82. The van der Waals surface area contributed by atoms with Crippen LogP contribution in [0.4, 0.5) is 0 Å². The van der Waals surface area contributed by atoms with Gasteiger partial charge in [-0.3, -0.25) is 4.79 Å². The molecular formula is C15H17NO2. The van der Waals surface area contributed by atoms with Crippen molar-refractivity contribution >= 4 is 16.8 Å². The van der Waals surface area contributed by atoms with Crippen LogP contribution < -0.4 is 5.73 Å². The van der Waals surface area contributed by atoms with Crippen molar-refractivity contribution in [2.24, 2.45) is 11.7 Å². The van der Waals surface area contributed by atoms with Gasteiger partial charge < -0.3 is 10.2 Å². The maximum atomic E-state index is 12.3. The van der Waals surface area contributed by atoms with Gasteiger partial charge in [0, 0.05) is 17.3 Å². The quantitative estimate of drug-likeness (QED) is 0.825. The molecule has 1 aliphatic rings. The zero-order valence-electron chi connectivity index (χ0n) is 10.5. The monoisotopic (exact) mass is 243 g/mol. The number of carbonyl (C=O) groups excluding carboxylic acids is 1. The first-order valence-electron chi connectivity index (χ1n) is 6.45. The second kappa shape index (κ2) is 4.25. The van der Waals surface area contributed by atoms with E-state index in [1.165, 1.54) is 5.56 Å². The van der Waals surface area contributed by atoms with Crippen LogP contribution in [0.5, 0.6) is 0 Å². The zero-order valence-corrected chi connectivity index (χ0v) is 10.5. The molecule has 1 aromatic carbocycles. The summed E-state index contributed by atoms with van der Waals surface area (Å²) < 4.78 is 5.64. The Kier molecular flexibility index (Phi) is 2.71. The Hall–Kier alpha value is -1.61. The average molecular weight is 243 g/mol. The summed E-state index contributed by atoms with van der Waals surface area (Å²) in [7, 11) is 0. The van der Waals surface area contributed by atoms with E-state index in [4.69, 9.17) is 10.2 Å². The topological polar surface area (TPSA) is 56.2 Å². The van der Waals surface area contributed by atoms with E-state index in [9.17, 15) is 4.79 Å². The van der Waals surface area contributed by atoms with Crippen LogP contribution in [0.2, 0.25) is 0 Å². The Labute approximate surface area is 106 Å². The smallest absolute Gasteiger partial charge is 0.202 e. The Balaban J connectivity index is 1.96. The number of nitrogens with two attached hydrogens (primary N) is 1. The summed E-state index contributed by atoms with van der Waals surface area (Å²) in [5, 5.41) is 0.991. The molecule has 3 rings (SSSR count). The summed E-state index contributed by atoms with van der Waals surface area (Å²) in [6.45, 7) is 2.03. The van der Waals surface area contributed by atoms with Gasteiger partial charge in [0.25, 0.3) is 0 Å². The second-order valence-corrected chi connectivity index (χ2v) is 5.22. The van der Waals surface area contributed by atoms with Gasteiger partial charge in [-0.1, -0.05) is 18.1 Å². The number of carbonyl (C=O) groups is 1. The first kappa shape index (κ1) is 11.5. The van der Waals surface area contributed by atoms with Crippen LogP contribution >= 0.6 is 0 Å². The van der Waals surface area contributed by atoms with Crippen LogP contribution in [0, 0.1) is 12.8 Å². The molecule has 3 nitrogen and oxygen atoms in total. The zero-order chi connectivity index (χ0) is 12.7. The number of hydrogen-bond donors (Lipinski definition) is 1. The van der Waals surface area contributed by atoms with Gasteiger partial charge >= 0.3 is 0 Å². The van der Waals surface area contributed by atoms with Crippen molar-refractivity contribution in [2.45, 2.75) is 32.2 Å². The molecular weight excluding hydrogens is 226 g/mol. The second-order valence-electron chi connectivity index (χ2n) is 5.22. The first-order chi connectivity index (χ1) is 8.65. The maximum Gasteiger partial charge on any atom is 0.202 e. The molecule has 0 aliphatic heterocycles. The summed E-state index contributed by atoms with van der Waals surface area (Å²) >= 11 is 0. The predicted octanol–water partition coefficient (Wildman–Crippen LogP) is 3.05. The van der Waals surface area contributed by atoms with Gasteiger partial charge in [0.2, 0.25) is 5.78 Å². The van der Waals surface area contributed by atoms with E-state index in [-0.39, 0.29) is 17.7 Å². The van der Waals surface area contributed by atoms with Gasteiger partial charge in [-0.05, 0) is 38.0 Å². The minimum absolute atomic E-state index is 0.00699. The van der Waals surface area contributed by atoms with Gasteiger partial charge in [0.15, 0.2) is 5.76 Å². The number of furan rings is 1. The Bertz CT molecular complexity index is 600. The third-order valence-electron chi connectivity index (χ3n) is 3.82. The Morgan fingerprint density at radius 2 is 2.17 bits per heavy atom. The van der Waals surface area contributed by atoms with Crippen LogP contribution in [-0.4, -0.2) is 11.8 Å². The molecule has 0 spiro atoms. The maximum absolute atomic E-state index is 12.3. The van der Waals surface area contributed by atoms with Gasteiger partial charge in [0.1, 0.15) is 5.58 Å². The van der Waals surface area contributed by atoms with E-state index < -0.39 is 0 Å². The van der Waals surface area contributed by atoms with Gasteiger partial charge in [-0.2, -0.15) is 0 Å². The molecule has 1 saturated carbocycles. The number of ketones is 1. The molecule has 0 radical (unpaired) electrons. The van der Waals surface area contributed by atoms with Crippen molar-refractivity contribution in [3.05, 3.63) is 35.6 Å². The predicted molar refractivity (Wildman–Crippen MR) is 70.6 cm³/mol. The fourth-order valence-corrected chi connectivity index (χ4v) is 2.78. The molecule has 1 heterocycles. The highest BCUT2D eigenvalue weighted by molar-refractivity contribution is 5.99. The van der Waals surface area contributed by atoms with Crippen molar-refractivity contribution < 1.29 is 9.21 Å². The lowest BCUT2D eigenvalue weighted by atomic mass is 9.97. The van der Waals surface area contributed by atoms with Crippen molar-refractivity contribution in [3.8, 4) is 0 Å². The SMILES string of the molecule is Cc1ccc2oc(C(=O)C3CCCC3N)cc2c1. The molecule has 1 aromatic heterocycles. The molecule has 2 N–H and O–H groups in total. The van der Waals surface area contributed by atoms with Crippen LogP contribution in [0.1, 0.15) is 35.4 Å². The number of rotatable bonds is 2. The normalized spacial score (nSPS) is 23.7. The molecule has 94 valence electrons. The van der Waals surface area contributed by atoms with Crippen molar-refractivity contribution in [2.75, 3.05) is 0 Å². The van der Waals surface area contributed by atoms with Crippen molar-refractivity contribution in [1.82, 2.24) is 0 Å². The molecule has 0 amide bonds. The van der Waals surface area contributed by atoms with Crippen LogP contribution in [-0.2, 0) is 0 Å². The molecule has 18 heavy (non-hydrogen) atoms. The fraction of sp³-hybridized carbons (Fsp3) is 0.400.